The number of anilines is 3. The van der Waals surface area contributed by atoms with E-state index in [-0.39, 0.29) is 18.0 Å². The molecule has 3 heterocycles. The van der Waals surface area contributed by atoms with Crippen molar-refractivity contribution in [1.82, 2.24) is 15.2 Å². The number of carbonyl (C=O) groups excluding carboxylic acids is 1. The van der Waals surface area contributed by atoms with E-state index in [1.54, 1.807) is 12.1 Å². The molecule has 0 unspecified atom stereocenters. The molecule has 3 fully saturated rings. The molecule has 1 aliphatic carbocycles. The Morgan fingerprint density at radius 1 is 0.737 bits per heavy atom. The molecule has 2 aliphatic heterocycles. The summed E-state index contributed by atoms with van der Waals surface area (Å²) in [5.74, 6) is 1.18. The zero-order valence-corrected chi connectivity index (χ0v) is 32.5. The lowest BCUT2D eigenvalue weighted by Gasteiger charge is -2.52. The first-order chi connectivity index (χ1) is 27.9. The Hall–Kier alpha value is -5.61. The minimum atomic E-state index is -0.321. The van der Waals surface area contributed by atoms with Crippen molar-refractivity contribution in [3.63, 3.8) is 0 Å². The number of carbonyl (C=O) groups is 1. The molecule has 9 nitrogen and oxygen atoms in total. The number of amides is 1. The summed E-state index contributed by atoms with van der Waals surface area (Å²) in [5.41, 5.74) is 5.29. The molecular formula is C47H52FN5O4. The molecule has 57 heavy (non-hydrogen) atoms. The van der Waals surface area contributed by atoms with Crippen molar-refractivity contribution >= 4 is 23.2 Å². The third kappa shape index (κ3) is 10.2. The summed E-state index contributed by atoms with van der Waals surface area (Å²) in [6.07, 6.45) is 6.20. The van der Waals surface area contributed by atoms with Crippen molar-refractivity contribution in [2.75, 3.05) is 42.9 Å². The van der Waals surface area contributed by atoms with Gasteiger partial charge in [-0.15, -0.1) is 0 Å². The molecule has 0 radical (unpaired) electrons. The molecule has 1 spiro atoms. The van der Waals surface area contributed by atoms with Gasteiger partial charge in [0.05, 0.1) is 5.69 Å². The Kier molecular flexibility index (Phi) is 12.2. The van der Waals surface area contributed by atoms with Crippen molar-refractivity contribution in [1.29, 1.82) is 0 Å². The predicted molar refractivity (Wildman–Crippen MR) is 221 cm³/mol. The standard InChI is InChI=1S/C47H52FN5O4/c48-41-28-39(49-42-17-19-44(55-32-36-10-4-1-5-11-36)51-45(42)56-33-37-12-6-2-7-13-37)16-18-43(41)53-24-20-35(21-25-53)31-52-26-22-47(23-27-52)29-40(30-47)50-46(54)57-34-38-14-8-3-9-15-38/h1-19,28,35,40,49H,20-27,29-34H2,(H,50,54). The van der Waals surface area contributed by atoms with E-state index in [1.165, 1.54) is 12.8 Å². The van der Waals surface area contributed by atoms with Crippen LogP contribution in [0.5, 0.6) is 11.8 Å². The van der Waals surface area contributed by atoms with E-state index in [9.17, 15) is 4.79 Å². The molecule has 4 aromatic carbocycles. The van der Waals surface area contributed by atoms with Gasteiger partial charge in [0.15, 0.2) is 0 Å². The second-order valence-electron chi connectivity index (χ2n) is 15.9. The quantitative estimate of drug-likeness (QED) is 0.116. The summed E-state index contributed by atoms with van der Waals surface area (Å²) in [6.45, 7) is 6.00. The van der Waals surface area contributed by atoms with Gasteiger partial charge in [0, 0.05) is 37.4 Å². The van der Waals surface area contributed by atoms with Crippen molar-refractivity contribution in [2.24, 2.45) is 11.3 Å². The summed E-state index contributed by atoms with van der Waals surface area (Å²) >= 11 is 0. The minimum absolute atomic E-state index is 0.208. The Morgan fingerprint density at radius 2 is 1.35 bits per heavy atom. The summed E-state index contributed by atoms with van der Waals surface area (Å²) in [7, 11) is 0. The highest BCUT2D eigenvalue weighted by molar-refractivity contribution is 5.68. The van der Waals surface area contributed by atoms with Crippen LogP contribution in [-0.2, 0) is 24.6 Å². The SMILES string of the molecule is O=C(NC1CC2(CCN(CC3CCN(c4ccc(Nc5ccc(OCc6ccccc6)nc5OCc5ccccc5)cc4F)CC3)CC2)C1)OCc1ccccc1. The van der Waals surface area contributed by atoms with E-state index in [0.717, 1.165) is 75.1 Å². The van der Waals surface area contributed by atoms with Gasteiger partial charge >= 0.3 is 6.09 Å². The average molecular weight is 770 g/mol. The van der Waals surface area contributed by atoms with Crippen LogP contribution >= 0.6 is 0 Å². The molecule has 10 heteroatoms. The number of alkyl carbamates (subject to hydrolysis) is 1. The molecule has 1 saturated carbocycles. The fourth-order valence-electron chi connectivity index (χ4n) is 8.52. The lowest BCUT2D eigenvalue weighted by atomic mass is 9.60. The molecule has 2 saturated heterocycles. The first kappa shape index (κ1) is 38.3. The Balaban J connectivity index is 0.792. The number of pyridine rings is 1. The highest BCUT2D eigenvalue weighted by Gasteiger charge is 2.46. The Labute approximate surface area is 335 Å². The zero-order valence-electron chi connectivity index (χ0n) is 32.5. The molecule has 8 rings (SSSR count). The van der Waals surface area contributed by atoms with Crippen LogP contribution in [0.4, 0.5) is 26.2 Å². The highest BCUT2D eigenvalue weighted by Crippen LogP contribution is 2.49. The van der Waals surface area contributed by atoms with Crippen LogP contribution < -0.4 is 25.0 Å². The van der Waals surface area contributed by atoms with E-state index >= 15 is 4.39 Å². The predicted octanol–water partition coefficient (Wildman–Crippen LogP) is 9.51. The summed E-state index contributed by atoms with van der Waals surface area (Å²) in [6, 6.07) is 38.9. The van der Waals surface area contributed by atoms with Gasteiger partial charge in [0.2, 0.25) is 11.8 Å². The van der Waals surface area contributed by atoms with Crippen LogP contribution in [0.3, 0.4) is 0 Å². The van der Waals surface area contributed by atoms with Crippen LogP contribution in [0.15, 0.2) is 121 Å². The Morgan fingerprint density at radius 3 is 1.98 bits per heavy atom. The average Bonchev–Trinajstić information content (AvgIpc) is 3.24. The first-order valence-electron chi connectivity index (χ1n) is 20.3. The lowest BCUT2D eigenvalue weighted by molar-refractivity contribution is 0.000389. The molecule has 5 aromatic rings. The van der Waals surface area contributed by atoms with Crippen LogP contribution in [0.2, 0.25) is 0 Å². The number of nitrogens with zero attached hydrogens (tertiary/aromatic N) is 3. The smallest absolute Gasteiger partial charge is 0.407 e. The molecule has 1 amide bonds. The summed E-state index contributed by atoms with van der Waals surface area (Å²) < 4.78 is 33.3. The number of hydrogen-bond acceptors (Lipinski definition) is 8. The lowest BCUT2D eigenvalue weighted by Crippen LogP contribution is -2.55. The first-order valence-corrected chi connectivity index (χ1v) is 20.3. The molecule has 2 N–H and O–H groups in total. The Bertz CT molecular complexity index is 2050. The van der Waals surface area contributed by atoms with Gasteiger partial charge in [-0.3, -0.25) is 0 Å². The fraction of sp³-hybridized carbons (Fsp3) is 0.362. The van der Waals surface area contributed by atoms with Gasteiger partial charge in [-0.1, -0.05) is 91.0 Å². The van der Waals surface area contributed by atoms with Gasteiger partial charge in [0.25, 0.3) is 0 Å². The zero-order chi connectivity index (χ0) is 38.9. The number of ether oxygens (including phenoxy) is 3. The number of benzene rings is 4. The van der Waals surface area contributed by atoms with Gasteiger partial charge in [0.1, 0.15) is 31.3 Å². The maximum atomic E-state index is 15.7. The largest absolute Gasteiger partial charge is 0.473 e. The second-order valence-corrected chi connectivity index (χ2v) is 15.9. The summed E-state index contributed by atoms with van der Waals surface area (Å²) in [4.78, 5) is 21.8. The highest BCUT2D eigenvalue weighted by atomic mass is 19.1. The van der Waals surface area contributed by atoms with Crippen LogP contribution in [0, 0.1) is 17.2 Å². The maximum Gasteiger partial charge on any atom is 0.407 e. The second kappa shape index (κ2) is 18.1. The third-order valence-corrected chi connectivity index (χ3v) is 11.8. The van der Waals surface area contributed by atoms with Gasteiger partial charge in [-0.05, 0) is 104 Å². The van der Waals surface area contributed by atoms with Crippen LogP contribution in [0.25, 0.3) is 0 Å². The number of piperidine rings is 2. The monoisotopic (exact) mass is 769 g/mol. The van der Waals surface area contributed by atoms with Crippen molar-refractivity contribution < 1.29 is 23.4 Å². The fourth-order valence-corrected chi connectivity index (χ4v) is 8.52. The van der Waals surface area contributed by atoms with Gasteiger partial charge < -0.3 is 34.6 Å². The topological polar surface area (TPSA) is 88.2 Å². The van der Waals surface area contributed by atoms with Gasteiger partial charge in [-0.2, -0.15) is 4.98 Å². The molecule has 296 valence electrons. The van der Waals surface area contributed by atoms with E-state index in [1.807, 2.05) is 109 Å². The number of hydrogen-bond donors (Lipinski definition) is 2. The van der Waals surface area contributed by atoms with Crippen molar-refractivity contribution in [2.45, 2.75) is 64.4 Å². The normalized spacial score (nSPS) is 17.1. The third-order valence-electron chi connectivity index (χ3n) is 11.8. The van der Waals surface area contributed by atoms with E-state index in [2.05, 4.69) is 25.4 Å². The number of rotatable bonds is 14. The number of halogens is 1. The number of likely N-dealkylation sites (tertiary alicyclic amines) is 1. The summed E-state index contributed by atoms with van der Waals surface area (Å²) in [5, 5.41) is 6.41. The van der Waals surface area contributed by atoms with Crippen molar-refractivity contribution in [3.8, 4) is 11.8 Å². The van der Waals surface area contributed by atoms with Gasteiger partial charge in [-0.25, -0.2) is 9.18 Å². The number of nitrogens with one attached hydrogen (secondary N) is 2. The van der Waals surface area contributed by atoms with E-state index < -0.39 is 0 Å². The van der Waals surface area contributed by atoms with Crippen LogP contribution in [-0.4, -0.2) is 54.7 Å². The molecule has 3 aliphatic rings. The maximum absolute atomic E-state index is 15.7. The van der Waals surface area contributed by atoms with Crippen LogP contribution in [0.1, 0.15) is 55.2 Å². The van der Waals surface area contributed by atoms with E-state index in [4.69, 9.17) is 14.2 Å². The number of aromatic nitrogens is 1. The molecular weight excluding hydrogens is 718 g/mol. The molecule has 0 bridgehead atoms. The van der Waals surface area contributed by atoms with Crippen molar-refractivity contribution in [3.05, 3.63) is 144 Å². The molecule has 1 aromatic heterocycles. The minimum Gasteiger partial charge on any atom is -0.473 e. The molecule has 0 atom stereocenters. The van der Waals surface area contributed by atoms with E-state index in [0.29, 0.717) is 60.0 Å².